The number of ether oxygens (including phenoxy) is 1. The minimum absolute atomic E-state index is 0.00302. The second kappa shape index (κ2) is 8.16. The molecule has 4 saturated carbocycles. The molecule has 2 N–H and O–H groups in total. The van der Waals surface area contributed by atoms with Crippen molar-refractivity contribution >= 4 is 0 Å². The van der Waals surface area contributed by atoms with E-state index in [-0.39, 0.29) is 28.5 Å². The third-order valence-corrected chi connectivity index (χ3v) is 11.7. The second-order valence-electron chi connectivity index (χ2n) is 12.8. The quantitative estimate of drug-likeness (QED) is 0.539. The lowest BCUT2D eigenvalue weighted by Gasteiger charge is -2.66. The van der Waals surface area contributed by atoms with Crippen molar-refractivity contribution in [3.63, 3.8) is 0 Å². The van der Waals surface area contributed by atoms with Crippen molar-refractivity contribution in [2.24, 2.45) is 34.5 Å². The van der Waals surface area contributed by atoms with Crippen molar-refractivity contribution in [3.8, 4) is 0 Å². The summed E-state index contributed by atoms with van der Waals surface area (Å²) in [4.78, 5) is 0. The van der Waals surface area contributed by atoms with Crippen LogP contribution in [0.15, 0.2) is 60.7 Å². The van der Waals surface area contributed by atoms with Gasteiger partial charge >= 0.3 is 0 Å². The van der Waals surface area contributed by atoms with E-state index in [0.717, 1.165) is 56.9 Å². The maximum Gasteiger partial charge on any atom is 0.0933 e. The molecule has 0 aliphatic heterocycles. The van der Waals surface area contributed by atoms with Crippen LogP contribution >= 0.6 is 0 Å². The average molecular weight is 475 g/mol. The van der Waals surface area contributed by atoms with Crippen molar-refractivity contribution in [3.05, 3.63) is 71.8 Å². The van der Waals surface area contributed by atoms with E-state index in [4.69, 9.17) is 4.74 Å². The highest BCUT2D eigenvalue weighted by Crippen LogP contribution is 2.71. The molecule has 35 heavy (non-hydrogen) atoms. The van der Waals surface area contributed by atoms with Crippen molar-refractivity contribution < 1.29 is 14.9 Å². The number of rotatable bonds is 3. The van der Waals surface area contributed by atoms with Crippen LogP contribution < -0.4 is 0 Å². The monoisotopic (exact) mass is 474 g/mol. The van der Waals surface area contributed by atoms with Crippen molar-refractivity contribution in [2.45, 2.75) is 82.5 Å². The maximum absolute atomic E-state index is 12.9. The fourth-order valence-corrected chi connectivity index (χ4v) is 9.69. The summed E-state index contributed by atoms with van der Waals surface area (Å²) in [5.74, 6) is 1.64. The van der Waals surface area contributed by atoms with E-state index in [2.05, 4.69) is 68.4 Å². The van der Waals surface area contributed by atoms with Crippen LogP contribution in [0.4, 0.5) is 0 Å². The molecule has 0 amide bonds. The molecule has 1 unspecified atom stereocenters. The summed E-state index contributed by atoms with van der Waals surface area (Å²) in [6.45, 7) is 4.81. The van der Waals surface area contributed by atoms with Gasteiger partial charge in [0.25, 0.3) is 0 Å². The van der Waals surface area contributed by atoms with E-state index in [0.29, 0.717) is 17.8 Å². The van der Waals surface area contributed by atoms with E-state index >= 15 is 0 Å². The number of benzene rings is 2. The zero-order chi connectivity index (χ0) is 24.5. The molecule has 4 fully saturated rings. The minimum atomic E-state index is -0.901. The zero-order valence-corrected chi connectivity index (χ0v) is 21.6. The fraction of sp³-hybridized carbons (Fsp3) is 0.625. The lowest BCUT2D eigenvalue weighted by molar-refractivity contribution is -0.241. The molecule has 0 aromatic heterocycles. The smallest absolute Gasteiger partial charge is 0.0933 e. The summed E-state index contributed by atoms with van der Waals surface area (Å²) in [6.07, 6.45) is 7.76. The van der Waals surface area contributed by atoms with Crippen LogP contribution in [0, 0.1) is 34.5 Å². The van der Waals surface area contributed by atoms with Crippen LogP contribution in [0.1, 0.15) is 76.3 Å². The molecule has 188 valence electrons. The van der Waals surface area contributed by atoms with Gasteiger partial charge in [0.2, 0.25) is 0 Å². The topological polar surface area (TPSA) is 49.7 Å². The van der Waals surface area contributed by atoms with Crippen molar-refractivity contribution in [1.29, 1.82) is 0 Å². The predicted molar refractivity (Wildman–Crippen MR) is 139 cm³/mol. The van der Waals surface area contributed by atoms with Gasteiger partial charge in [-0.05, 0) is 91.1 Å². The number of methoxy groups -OCH3 is 1. The second-order valence-corrected chi connectivity index (χ2v) is 12.8. The Balaban J connectivity index is 1.47. The fourth-order valence-electron chi connectivity index (χ4n) is 9.69. The number of hydrogen-bond acceptors (Lipinski definition) is 3. The van der Waals surface area contributed by atoms with Crippen LogP contribution in [-0.4, -0.2) is 23.4 Å². The first kappa shape index (κ1) is 23.7. The number of hydrogen-bond donors (Lipinski definition) is 2. The highest BCUT2D eigenvalue weighted by atomic mass is 16.5. The first-order valence-corrected chi connectivity index (χ1v) is 13.8. The summed E-state index contributed by atoms with van der Waals surface area (Å²) in [7, 11) is 1.86. The van der Waals surface area contributed by atoms with E-state index < -0.39 is 5.60 Å². The highest BCUT2D eigenvalue weighted by molar-refractivity contribution is 5.31. The van der Waals surface area contributed by atoms with Gasteiger partial charge in [-0.3, -0.25) is 0 Å². The number of aliphatic hydroxyl groups excluding tert-OH is 1. The summed E-state index contributed by atoms with van der Waals surface area (Å²) < 4.78 is 6.38. The Morgan fingerprint density at radius 3 is 2.03 bits per heavy atom. The molecule has 4 aliphatic carbocycles. The SMILES string of the molecule is COC1(c2ccccc2)CC[C@]2(C)[C@H]3CC[C@]4(C)[C@@H](O)CC[C@H]4[C@@H]3C[C@](O)(c3ccccc3)[C@H]2C1. The van der Waals surface area contributed by atoms with Gasteiger partial charge in [0.15, 0.2) is 0 Å². The van der Waals surface area contributed by atoms with E-state index in [9.17, 15) is 10.2 Å². The Labute approximate surface area is 210 Å². The Bertz CT molecular complexity index is 1050. The Kier molecular flexibility index (Phi) is 5.53. The van der Waals surface area contributed by atoms with Crippen LogP contribution in [-0.2, 0) is 15.9 Å². The van der Waals surface area contributed by atoms with Gasteiger partial charge in [0.05, 0.1) is 17.3 Å². The predicted octanol–water partition coefficient (Wildman–Crippen LogP) is 6.43. The molecule has 0 saturated heterocycles. The Morgan fingerprint density at radius 1 is 0.743 bits per heavy atom. The first-order chi connectivity index (χ1) is 16.8. The summed E-state index contributed by atoms with van der Waals surface area (Å²) in [5.41, 5.74) is 1.06. The third-order valence-electron chi connectivity index (χ3n) is 11.7. The molecular weight excluding hydrogens is 432 g/mol. The van der Waals surface area contributed by atoms with Crippen molar-refractivity contribution in [1.82, 2.24) is 0 Å². The highest BCUT2D eigenvalue weighted by Gasteiger charge is 2.67. The molecule has 6 rings (SSSR count). The molecule has 0 heterocycles. The van der Waals surface area contributed by atoms with E-state index in [1.165, 1.54) is 5.56 Å². The summed E-state index contributed by atoms with van der Waals surface area (Å²) in [6, 6.07) is 21.2. The van der Waals surface area contributed by atoms with Crippen LogP contribution in [0.25, 0.3) is 0 Å². The average Bonchev–Trinajstić information content (AvgIpc) is 3.20. The molecular formula is C32H42O3. The standard InChI is InChI=1S/C32H42O3/c1-29-18-19-31(35-3,22-10-6-4-7-11-22)21-27(29)32(34,23-12-8-5-9-13-23)20-24-25-14-15-28(33)30(25,2)17-16-26(24)29/h4-13,24-28,33-34H,14-21H2,1-3H3/t24-,25-,26-,27-,28-,29+,30-,31?,32-/m0/s1. The molecule has 3 heteroatoms. The normalized spacial score (nSPS) is 46.9. The van der Waals surface area contributed by atoms with Gasteiger partial charge in [-0.25, -0.2) is 0 Å². The van der Waals surface area contributed by atoms with Gasteiger partial charge in [-0.2, -0.15) is 0 Å². The molecule has 9 atom stereocenters. The molecule has 0 radical (unpaired) electrons. The first-order valence-electron chi connectivity index (χ1n) is 13.8. The van der Waals surface area contributed by atoms with Crippen LogP contribution in [0.2, 0.25) is 0 Å². The van der Waals surface area contributed by atoms with Gasteiger partial charge in [0.1, 0.15) is 0 Å². The van der Waals surface area contributed by atoms with Gasteiger partial charge in [0, 0.05) is 13.0 Å². The summed E-state index contributed by atoms with van der Waals surface area (Å²) in [5, 5.41) is 23.8. The molecule has 0 bridgehead atoms. The molecule has 4 aliphatic rings. The van der Waals surface area contributed by atoms with Crippen molar-refractivity contribution in [2.75, 3.05) is 7.11 Å². The molecule has 2 aromatic carbocycles. The van der Waals surface area contributed by atoms with E-state index in [1.54, 1.807) is 0 Å². The molecule has 0 spiro atoms. The number of fused-ring (bicyclic) bond motifs is 5. The maximum atomic E-state index is 12.9. The lowest BCUT2D eigenvalue weighted by Crippen LogP contribution is -2.63. The molecule has 3 nitrogen and oxygen atoms in total. The van der Waals surface area contributed by atoms with Gasteiger partial charge in [-0.15, -0.1) is 0 Å². The number of aliphatic hydroxyl groups is 2. The van der Waals surface area contributed by atoms with E-state index in [1.807, 2.05) is 13.2 Å². The third kappa shape index (κ3) is 3.27. The largest absolute Gasteiger partial charge is 0.393 e. The summed E-state index contributed by atoms with van der Waals surface area (Å²) >= 11 is 0. The lowest BCUT2D eigenvalue weighted by atomic mass is 9.40. The minimum Gasteiger partial charge on any atom is -0.393 e. The Morgan fingerprint density at radius 2 is 1.37 bits per heavy atom. The zero-order valence-electron chi connectivity index (χ0n) is 21.6. The van der Waals surface area contributed by atoms with Crippen LogP contribution in [0.3, 0.4) is 0 Å². The van der Waals surface area contributed by atoms with Gasteiger partial charge in [-0.1, -0.05) is 74.5 Å². The van der Waals surface area contributed by atoms with Gasteiger partial charge < -0.3 is 14.9 Å². The van der Waals surface area contributed by atoms with Crippen LogP contribution in [0.5, 0.6) is 0 Å². The molecule has 2 aromatic rings. The Hall–Kier alpha value is -1.68.